The van der Waals surface area contributed by atoms with Gasteiger partial charge in [-0.1, -0.05) is 85.8 Å². The highest BCUT2D eigenvalue weighted by atomic mass is 32.1. The number of anilines is 1. The third-order valence-electron chi connectivity index (χ3n) is 7.79. The average Bonchev–Trinajstić information content (AvgIpc) is 3.46. The molecule has 1 amide bonds. The summed E-state index contributed by atoms with van der Waals surface area (Å²) in [5, 5.41) is 6.22. The molecule has 0 fully saturated rings. The Morgan fingerprint density at radius 3 is 2.06 bits per heavy atom. The van der Waals surface area contributed by atoms with Crippen LogP contribution in [0.2, 0.25) is 0 Å². The predicted octanol–water partition coefficient (Wildman–Crippen LogP) is 8.35. The van der Waals surface area contributed by atoms with Crippen LogP contribution >= 0.6 is 11.3 Å². The molecule has 2 aromatic heterocycles. The van der Waals surface area contributed by atoms with Gasteiger partial charge < -0.3 is 15.2 Å². The van der Waals surface area contributed by atoms with Crippen LogP contribution in [0.3, 0.4) is 0 Å². The summed E-state index contributed by atoms with van der Waals surface area (Å²) in [6.07, 6.45) is 1.76. The van der Waals surface area contributed by atoms with Crippen molar-refractivity contribution in [3.8, 4) is 10.4 Å². The number of amides is 1. The normalized spacial score (nSPS) is 10.8. The van der Waals surface area contributed by atoms with E-state index in [1.807, 2.05) is 37.4 Å². The second kappa shape index (κ2) is 15.6. The van der Waals surface area contributed by atoms with Crippen molar-refractivity contribution < 1.29 is 18.4 Å². The average molecular weight is 664 g/mol. The van der Waals surface area contributed by atoms with Gasteiger partial charge >= 0.3 is 0 Å². The Labute approximate surface area is 281 Å². The molecule has 0 atom stereocenters. The fourth-order valence-electron chi connectivity index (χ4n) is 5.28. The quantitative estimate of drug-likeness (QED) is 0.153. The molecule has 4 aromatic carbocycles. The number of nitrogens with zero attached hydrogens (tertiary/aromatic N) is 1. The highest BCUT2D eigenvalue weighted by molar-refractivity contribution is 7.22. The van der Waals surface area contributed by atoms with Crippen molar-refractivity contribution in [3.63, 3.8) is 0 Å². The number of aryl methyl sites for hydroxylation is 1. The molecule has 0 saturated carbocycles. The Morgan fingerprint density at radius 2 is 1.46 bits per heavy atom. The van der Waals surface area contributed by atoms with Crippen LogP contribution in [0.15, 0.2) is 114 Å². The van der Waals surface area contributed by atoms with Crippen LogP contribution in [-0.4, -0.2) is 23.3 Å². The Hall–Kier alpha value is -5.25. The van der Waals surface area contributed by atoms with Gasteiger partial charge in [-0.2, -0.15) is 0 Å². The van der Waals surface area contributed by atoms with E-state index in [-0.39, 0.29) is 23.6 Å². The van der Waals surface area contributed by atoms with Crippen molar-refractivity contribution in [1.29, 1.82) is 0 Å². The predicted molar refractivity (Wildman–Crippen MR) is 190 cm³/mol. The fraction of sp³-hybridized carbons (Fsp3) is 0.154. The number of nitrogens with one attached hydrogen (secondary N) is 2. The van der Waals surface area contributed by atoms with E-state index < -0.39 is 22.8 Å². The molecule has 0 aliphatic carbocycles. The molecule has 0 saturated heterocycles. The lowest BCUT2D eigenvalue weighted by Gasteiger charge is -2.12. The molecule has 9 heteroatoms. The van der Waals surface area contributed by atoms with Gasteiger partial charge in [-0.3, -0.25) is 14.4 Å². The Kier molecular flexibility index (Phi) is 11.1. The summed E-state index contributed by atoms with van der Waals surface area (Å²) < 4.78 is 30.8. The first-order valence-corrected chi connectivity index (χ1v) is 16.3. The van der Waals surface area contributed by atoms with Gasteiger partial charge in [0.2, 0.25) is 11.3 Å². The van der Waals surface area contributed by atoms with Gasteiger partial charge in [0.25, 0.3) is 0 Å². The minimum atomic E-state index is -0.712. The molecular formula is C39H35F2N3O3S. The van der Waals surface area contributed by atoms with Gasteiger partial charge in [0.15, 0.2) is 5.78 Å². The number of benzene rings is 4. The van der Waals surface area contributed by atoms with Crippen LogP contribution in [0.5, 0.6) is 0 Å². The van der Waals surface area contributed by atoms with E-state index in [2.05, 4.69) is 22.8 Å². The van der Waals surface area contributed by atoms with Crippen molar-refractivity contribution in [2.45, 2.75) is 33.4 Å². The maximum atomic E-state index is 14.6. The number of pyridine rings is 1. The molecule has 0 radical (unpaired) electrons. The molecule has 2 N–H and O–H groups in total. The van der Waals surface area contributed by atoms with Crippen LogP contribution in [0.25, 0.3) is 20.7 Å². The second-order valence-corrected chi connectivity index (χ2v) is 12.1. The van der Waals surface area contributed by atoms with Gasteiger partial charge in [-0.05, 0) is 54.9 Å². The van der Waals surface area contributed by atoms with Crippen molar-refractivity contribution in [2.24, 2.45) is 0 Å². The fourth-order valence-corrected chi connectivity index (χ4v) is 6.57. The smallest absolute Gasteiger partial charge is 0.224 e. The largest absolute Gasteiger partial charge is 0.334 e. The molecule has 2 heterocycles. The topological polar surface area (TPSA) is 80.2 Å². The summed E-state index contributed by atoms with van der Waals surface area (Å²) >= 11 is 1.31. The zero-order valence-electron chi connectivity index (χ0n) is 26.8. The van der Waals surface area contributed by atoms with Gasteiger partial charge in [0.05, 0.1) is 17.5 Å². The van der Waals surface area contributed by atoms with Crippen LogP contribution in [-0.2, 0) is 17.9 Å². The zero-order chi connectivity index (χ0) is 34.2. The van der Waals surface area contributed by atoms with Crippen LogP contribution in [0, 0.1) is 18.6 Å². The molecule has 6 rings (SSSR count). The van der Waals surface area contributed by atoms with Crippen LogP contribution in [0.1, 0.15) is 46.0 Å². The van der Waals surface area contributed by atoms with Crippen molar-refractivity contribution >= 4 is 38.9 Å². The van der Waals surface area contributed by atoms with E-state index in [0.717, 1.165) is 17.0 Å². The molecule has 244 valence electrons. The van der Waals surface area contributed by atoms with Crippen LogP contribution < -0.4 is 16.1 Å². The maximum absolute atomic E-state index is 14.6. The number of rotatable bonds is 9. The van der Waals surface area contributed by atoms with Gasteiger partial charge in [0.1, 0.15) is 16.5 Å². The zero-order valence-corrected chi connectivity index (χ0v) is 27.7. The first-order chi connectivity index (χ1) is 23.2. The Balaban J connectivity index is 0.000000434. The number of halogens is 2. The molecule has 0 aliphatic rings. The molecular weight excluding hydrogens is 629 g/mol. The highest BCUT2D eigenvalue weighted by Gasteiger charge is 2.23. The van der Waals surface area contributed by atoms with E-state index in [4.69, 9.17) is 0 Å². The lowest BCUT2D eigenvalue weighted by molar-refractivity contribution is -0.115. The summed E-state index contributed by atoms with van der Waals surface area (Å²) in [5.41, 5.74) is 3.12. The van der Waals surface area contributed by atoms with E-state index in [9.17, 15) is 23.2 Å². The lowest BCUT2D eigenvalue weighted by Crippen LogP contribution is -2.20. The minimum absolute atomic E-state index is 0.0736. The molecule has 6 aromatic rings. The molecule has 0 unspecified atom stereocenters. The highest BCUT2D eigenvalue weighted by Crippen LogP contribution is 2.38. The summed E-state index contributed by atoms with van der Waals surface area (Å²) in [6.45, 7) is 4.32. The van der Waals surface area contributed by atoms with Crippen molar-refractivity contribution in [3.05, 3.63) is 159 Å². The maximum Gasteiger partial charge on any atom is 0.224 e. The number of carbonyl (C=O) groups excluding carboxylic acids is 2. The Morgan fingerprint density at radius 1 is 0.833 bits per heavy atom. The lowest BCUT2D eigenvalue weighted by atomic mass is 10.0. The minimum Gasteiger partial charge on any atom is -0.334 e. The Bertz CT molecular complexity index is 2090. The summed E-state index contributed by atoms with van der Waals surface area (Å²) in [4.78, 5) is 40.2. The number of hydrogen-bond donors (Lipinski definition) is 2. The number of carbonyl (C=O) groups is 2. The first-order valence-electron chi connectivity index (χ1n) is 15.5. The molecule has 48 heavy (non-hydrogen) atoms. The van der Waals surface area contributed by atoms with E-state index in [1.54, 1.807) is 60.9 Å². The molecule has 6 nitrogen and oxygen atoms in total. The summed E-state index contributed by atoms with van der Waals surface area (Å²) in [5.74, 6) is -1.99. The third-order valence-corrected chi connectivity index (χ3v) is 9.17. The van der Waals surface area contributed by atoms with Crippen LogP contribution in [0.4, 0.5) is 14.5 Å². The van der Waals surface area contributed by atoms with E-state index in [1.165, 1.54) is 41.3 Å². The molecule has 0 bridgehead atoms. The summed E-state index contributed by atoms with van der Waals surface area (Å²) in [6, 6.07) is 29.6. The monoisotopic (exact) mass is 663 g/mol. The van der Waals surface area contributed by atoms with E-state index >= 15 is 0 Å². The van der Waals surface area contributed by atoms with Gasteiger partial charge in [-0.15, -0.1) is 11.3 Å². The van der Waals surface area contributed by atoms with E-state index in [0.29, 0.717) is 33.5 Å². The summed E-state index contributed by atoms with van der Waals surface area (Å²) in [7, 11) is 1.95. The van der Waals surface area contributed by atoms with Crippen molar-refractivity contribution in [1.82, 2.24) is 9.88 Å². The van der Waals surface area contributed by atoms with Crippen molar-refractivity contribution in [2.75, 3.05) is 12.4 Å². The number of fused-ring (bicyclic) bond motifs is 1. The second-order valence-electron chi connectivity index (χ2n) is 11.1. The number of hydrogen-bond acceptors (Lipinski definition) is 5. The standard InChI is InChI=1S/C31H24F2N2O3S.C8H11N/c1-3-26(36)34-21-14-12-20(13-15-21)30-18(2)27-29(38)23(28(37)19-8-5-4-6-9-19)17-35(31(27)39-30)16-22-24(32)10-7-11-25(22)33;1-9-7-8-5-3-2-4-6-8/h4-15,17H,3,16H2,1-2H3,(H,34,36);2-6,9H,7H2,1H3. The van der Waals surface area contributed by atoms with Gasteiger partial charge in [-0.25, -0.2) is 8.78 Å². The first kappa shape index (κ1) is 34.1. The number of aromatic nitrogens is 1. The number of ketones is 1. The molecule has 0 aliphatic heterocycles. The SMILES string of the molecule is CCC(=O)Nc1ccc(-c2sc3c(c2C)c(=O)c(C(=O)c2ccccc2)cn3Cc2c(F)cccc2F)cc1.CNCc1ccccc1. The molecule has 0 spiro atoms. The third kappa shape index (κ3) is 7.65. The number of thiophene rings is 1. The van der Waals surface area contributed by atoms with Gasteiger partial charge in [0, 0.05) is 40.9 Å².